The van der Waals surface area contributed by atoms with E-state index in [2.05, 4.69) is 74.7 Å². The highest BCUT2D eigenvalue weighted by atomic mass is 32.1. The number of amides is 1. The summed E-state index contributed by atoms with van der Waals surface area (Å²) < 4.78 is 0. The Labute approximate surface area is 176 Å². The molecule has 1 amide bonds. The van der Waals surface area contributed by atoms with Crippen molar-refractivity contribution in [2.24, 2.45) is 0 Å². The summed E-state index contributed by atoms with van der Waals surface area (Å²) in [7, 11) is 0. The van der Waals surface area contributed by atoms with Gasteiger partial charge in [0.05, 0.1) is 0 Å². The predicted molar refractivity (Wildman–Crippen MR) is 120 cm³/mol. The van der Waals surface area contributed by atoms with Crippen molar-refractivity contribution in [3.05, 3.63) is 76.8 Å². The maximum atomic E-state index is 11.1. The van der Waals surface area contributed by atoms with E-state index in [0.717, 1.165) is 39.1 Å². The van der Waals surface area contributed by atoms with Gasteiger partial charge in [0.2, 0.25) is 5.91 Å². The molecule has 0 saturated carbocycles. The highest BCUT2D eigenvalue weighted by molar-refractivity contribution is 7.15. The molecule has 6 heteroatoms. The van der Waals surface area contributed by atoms with Gasteiger partial charge in [-0.3, -0.25) is 9.69 Å². The molecule has 1 saturated heterocycles. The molecular formula is C23H26N4OS. The molecule has 0 radical (unpaired) electrons. The SMILES string of the molecule is CC(=O)Nc1ncc(CN2CCN(c3cccc(Cc4ccccc4)c3)CC2)s1. The minimum atomic E-state index is -0.0750. The molecule has 0 aliphatic carbocycles. The van der Waals surface area contributed by atoms with Gasteiger partial charge in [0.25, 0.3) is 0 Å². The molecular weight excluding hydrogens is 380 g/mol. The molecule has 2 aromatic carbocycles. The Morgan fingerprint density at radius 3 is 2.55 bits per heavy atom. The lowest BCUT2D eigenvalue weighted by Crippen LogP contribution is -2.45. The molecule has 0 unspecified atom stereocenters. The number of hydrogen-bond acceptors (Lipinski definition) is 5. The lowest BCUT2D eigenvalue weighted by Gasteiger charge is -2.36. The number of thiazole rings is 1. The molecule has 1 aromatic heterocycles. The summed E-state index contributed by atoms with van der Waals surface area (Å²) in [6, 6.07) is 19.5. The van der Waals surface area contributed by atoms with Crippen LogP contribution in [0.5, 0.6) is 0 Å². The number of benzene rings is 2. The van der Waals surface area contributed by atoms with E-state index >= 15 is 0 Å². The van der Waals surface area contributed by atoms with Gasteiger partial charge >= 0.3 is 0 Å². The van der Waals surface area contributed by atoms with E-state index in [4.69, 9.17) is 0 Å². The molecule has 2 heterocycles. The molecule has 1 fully saturated rings. The number of anilines is 2. The summed E-state index contributed by atoms with van der Waals surface area (Å²) in [5.74, 6) is -0.0750. The fraction of sp³-hybridized carbons (Fsp3) is 0.304. The number of nitrogens with zero attached hydrogens (tertiary/aromatic N) is 3. The fourth-order valence-corrected chi connectivity index (χ4v) is 4.57. The minimum absolute atomic E-state index is 0.0750. The van der Waals surface area contributed by atoms with E-state index in [-0.39, 0.29) is 5.91 Å². The first kappa shape index (κ1) is 19.6. The Morgan fingerprint density at radius 2 is 1.79 bits per heavy atom. The van der Waals surface area contributed by atoms with Gasteiger partial charge in [0.15, 0.2) is 5.13 Å². The van der Waals surface area contributed by atoms with Gasteiger partial charge in [0.1, 0.15) is 0 Å². The highest BCUT2D eigenvalue weighted by Crippen LogP contribution is 2.23. The highest BCUT2D eigenvalue weighted by Gasteiger charge is 2.18. The van der Waals surface area contributed by atoms with Crippen LogP contribution < -0.4 is 10.2 Å². The van der Waals surface area contributed by atoms with Crippen molar-refractivity contribution < 1.29 is 4.79 Å². The molecule has 1 N–H and O–H groups in total. The maximum absolute atomic E-state index is 11.1. The second kappa shape index (κ2) is 9.20. The van der Waals surface area contributed by atoms with Crippen LogP contribution in [-0.4, -0.2) is 42.0 Å². The van der Waals surface area contributed by atoms with Crippen LogP contribution in [0.2, 0.25) is 0 Å². The van der Waals surface area contributed by atoms with Gasteiger partial charge in [-0.1, -0.05) is 42.5 Å². The van der Waals surface area contributed by atoms with E-state index in [1.54, 1.807) is 11.3 Å². The van der Waals surface area contributed by atoms with Crippen molar-refractivity contribution in [1.29, 1.82) is 0 Å². The van der Waals surface area contributed by atoms with Gasteiger partial charge < -0.3 is 10.2 Å². The van der Waals surface area contributed by atoms with Gasteiger partial charge in [-0.15, -0.1) is 11.3 Å². The molecule has 1 aliphatic rings. The van der Waals surface area contributed by atoms with Crippen molar-refractivity contribution in [3.63, 3.8) is 0 Å². The minimum Gasteiger partial charge on any atom is -0.369 e. The van der Waals surface area contributed by atoms with Crippen LogP contribution in [0.4, 0.5) is 10.8 Å². The zero-order valence-electron chi connectivity index (χ0n) is 16.7. The van der Waals surface area contributed by atoms with Crippen molar-refractivity contribution >= 4 is 28.1 Å². The summed E-state index contributed by atoms with van der Waals surface area (Å²) >= 11 is 1.56. The number of hydrogen-bond donors (Lipinski definition) is 1. The first-order valence-corrected chi connectivity index (χ1v) is 10.8. The van der Waals surface area contributed by atoms with Crippen LogP contribution in [0.15, 0.2) is 60.8 Å². The smallest absolute Gasteiger partial charge is 0.223 e. The van der Waals surface area contributed by atoms with E-state index in [0.29, 0.717) is 5.13 Å². The van der Waals surface area contributed by atoms with E-state index in [1.807, 2.05) is 6.20 Å². The summed E-state index contributed by atoms with van der Waals surface area (Å²) in [4.78, 5) is 21.5. The number of rotatable bonds is 6. The van der Waals surface area contributed by atoms with Crippen molar-refractivity contribution in [3.8, 4) is 0 Å². The standard InChI is InChI=1S/C23H26N4OS/c1-18(28)25-23-24-16-22(29-23)17-26-10-12-27(13-11-26)21-9-5-8-20(15-21)14-19-6-3-2-4-7-19/h2-9,15-16H,10-14,17H2,1H3,(H,24,25,28). The van der Waals surface area contributed by atoms with Gasteiger partial charge in [-0.05, 0) is 29.7 Å². The van der Waals surface area contributed by atoms with E-state index < -0.39 is 0 Å². The Hall–Kier alpha value is -2.70. The molecule has 4 rings (SSSR count). The van der Waals surface area contributed by atoms with Crippen LogP contribution in [0.1, 0.15) is 22.9 Å². The number of carbonyl (C=O) groups excluding carboxylic acids is 1. The van der Waals surface area contributed by atoms with Crippen LogP contribution in [0.3, 0.4) is 0 Å². The van der Waals surface area contributed by atoms with Crippen LogP contribution in [0, 0.1) is 0 Å². The third-order valence-electron chi connectivity index (χ3n) is 5.12. The second-order valence-electron chi connectivity index (χ2n) is 7.41. The largest absolute Gasteiger partial charge is 0.369 e. The summed E-state index contributed by atoms with van der Waals surface area (Å²) in [6.07, 6.45) is 2.84. The quantitative estimate of drug-likeness (QED) is 0.672. The first-order chi connectivity index (χ1) is 14.2. The zero-order chi connectivity index (χ0) is 20.1. The second-order valence-corrected chi connectivity index (χ2v) is 8.52. The zero-order valence-corrected chi connectivity index (χ0v) is 17.5. The average molecular weight is 407 g/mol. The number of carbonyl (C=O) groups is 1. The molecule has 0 bridgehead atoms. The summed E-state index contributed by atoms with van der Waals surface area (Å²) in [6.45, 7) is 6.49. The Morgan fingerprint density at radius 1 is 1.03 bits per heavy atom. The van der Waals surface area contributed by atoms with E-state index in [9.17, 15) is 4.79 Å². The third-order valence-corrected chi connectivity index (χ3v) is 6.01. The Kier molecular flexibility index (Phi) is 6.22. The lowest BCUT2D eigenvalue weighted by molar-refractivity contribution is -0.114. The van der Waals surface area contributed by atoms with Crippen molar-refractivity contribution in [2.45, 2.75) is 19.9 Å². The average Bonchev–Trinajstić information content (AvgIpc) is 3.15. The number of piperazine rings is 1. The molecule has 29 heavy (non-hydrogen) atoms. The molecule has 150 valence electrons. The normalized spacial score (nSPS) is 14.7. The fourth-order valence-electron chi connectivity index (χ4n) is 3.67. The monoisotopic (exact) mass is 406 g/mol. The topological polar surface area (TPSA) is 48.5 Å². The first-order valence-electron chi connectivity index (χ1n) is 9.98. The van der Waals surface area contributed by atoms with Crippen molar-refractivity contribution in [2.75, 3.05) is 36.4 Å². The van der Waals surface area contributed by atoms with Crippen LogP contribution >= 0.6 is 11.3 Å². The number of nitrogens with one attached hydrogen (secondary N) is 1. The lowest BCUT2D eigenvalue weighted by atomic mass is 10.0. The summed E-state index contributed by atoms with van der Waals surface area (Å²) in [5.41, 5.74) is 4.01. The molecule has 5 nitrogen and oxygen atoms in total. The van der Waals surface area contributed by atoms with Gasteiger partial charge in [-0.25, -0.2) is 4.98 Å². The van der Waals surface area contributed by atoms with Crippen LogP contribution in [-0.2, 0) is 17.8 Å². The van der Waals surface area contributed by atoms with E-state index in [1.165, 1.54) is 28.6 Å². The Balaban J connectivity index is 1.32. The Bertz CT molecular complexity index is 948. The summed E-state index contributed by atoms with van der Waals surface area (Å²) in [5, 5.41) is 3.44. The molecule has 3 aromatic rings. The third kappa shape index (κ3) is 5.43. The molecule has 1 aliphatic heterocycles. The molecule has 0 spiro atoms. The number of aromatic nitrogens is 1. The van der Waals surface area contributed by atoms with Crippen LogP contribution in [0.25, 0.3) is 0 Å². The predicted octanol–water partition coefficient (Wildman–Crippen LogP) is 4.01. The van der Waals surface area contributed by atoms with Gasteiger partial charge in [0, 0.05) is 56.4 Å². The van der Waals surface area contributed by atoms with Gasteiger partial charge in [-0.2, -0.15) is 0 Å². The van der Waals surface area contributed by atoms with Crippen molar-refractivity contribution in [1.82, 2.24) is 9.88 Å². The molecule has 0 atom stereocenters. The maximum Gasteiger partial charge on any atom is 0.223 e.